The van der Waals surface area contributed by atoms with Crippen molar-refractivity contribution in [1.29, 1.82) is 0 Å². The molecule has 0 radical (unpaired) electrons. The van der Waals surface area contributed by atoms with Crippen molar-refractivity contribution in [2.45, 2.75) is 60.8 Å². The number of rotatable bonds is 10. The molecule has 5 unspecified atom stereocenters. The van der Waals surface area contributed by atoms with E-state index in [1.807, 2.05) is 0 Å². The lowest BCUT2D eigenvalue weighted by molar-refractivity contribution is -0.598. The Hall–Kier alpha value is -3.06. The van der Waals surface area contributed by atoms with Gasteiger partial charge in [0.15, 0.2) is 26.2 Å². The average molecular weight is 732 g/mol. The van der Waals surface area contributed by atoms with Crippen molar-refractivity contribution in [2.75, 3.05) is 20.0 Å². The van der Waals surface area contributed by atoms with E-state index < -0.39 is 115 Å². The molecule has 2 bridgehead atoms. The zero-order valence-electron chi connectivity index (χ0n) is 20.7. The molecule has 0 amide bonds. The van der Waals surface area contributed by atoms with E-state index >= 15 is 65.9 Å². The van der Waals surface area contributed by atoms with Gasteiger partial charge in [0.05, 0.1) is 0 Å². The van der Waals surface area contributed by atoms with E-state index in [2.05, 4.69) is 14.2 Å². The minimum absolute atomic E-state index is 2.22. The van der Waals surface area contributed by atoms with Gasteiger partial charge in [-0.05, 0) is 0 Å². The van der Waals surface area contributed by atoms with Gasteiger partial charge in [0.25, 0.3) is 23.7 Å². The molecular weight excluding hydrogens is 723 g/mol. The van der Waals surface area contributed by atoms with Crippen LogP contribution in [0.25, 0.3) is 0 Å². The molecule has 0 aromatic carbocycles. The Kier molecular flexibility index (Phi) is 9.13. The largest absolute Gasteiger partial charge is 0.423 e. The van der Waals surface area contributed by atoms with Gasteiger partial charge in [-0.1, -0.05) is 0 Å². The summed E-state index contributed by atoms with van der Waals surface area (Å²) in [7, 11) is 0. The van der Waals surface area contributed by atoms with Crippen LogP contribution in [0.1, 0.15) is 0 Å². The highest BCUT2D eigenvalue weighted by Gasteiger charge is 3.15. The van der Waals surface area contributed by atoms with Crippen molar-refractivity contribution < 1.29 is 121 Å². The van der Waals surface area contributed by atoms with Crippen molar-refractivity contribution in [3.05, 3.63) is 0 Å². The molecule has 2 fully saturated rings. The molecule has 2 saturated carbocycles. The second-order valence-electron chi connectivity index (χ2n) is 9.22. The van der Waals surface area contributed by atoms with E-state index in [4.69, 9.17) is 0 Å². The predicted octanol–water partition coefficient (Wildman–Crippen LogP) is 5.77. The first kappa shape index (κ1) is 39.1. The summed E-state index contributed by atoms with van der Waals surface area (Å²) in [5.74, 6) is -45.8. The molecule has 0 aliphatic heterocycles. The van der Waals surface area contributed by atoms with Gasteiger partial charge < -0.3 is 14.2 Å². The van der Waals surface area contributed by atoms with Gasteiger partial charge in [0, 0.05) is 0 Å². The molecule has 0 saturated heterocycles. The summed E-state index contributed by atoms with van der Waals surface area (Å²) in [6, 6.07) is 0. The molecule has 2 aliphatic rings. The standard InChI is InChI=1S/C19H9F21O6/c20-1-4(41)44-17(35,36)10(9(25)26)7(23)11(18(37,38)45-5(42)2-21)12(27,28)8(24)13(29,30)14(15(10,31)32,16(11,33)34)19(39,40)46-6(43)3-22/h7-9H,1-3H2. The number of carbonyl (C=O) groups is 3. The molecule has 46 heavy (non-hydrogen) atoms. The van der Waals surface area contributed by atoms with Gasteiger partial charge in [-0.3, -0.25) is 0 Å². The number of hydrogen-bond acceptors (Lipinski definition) is 6. The van der Waals surface area contributed by atoms with Gasteiger partial charge in [0.2, 0.25) is 17.0 Å². The fraction of sp³-hybridized carbons (Fsp3) is 0.842. The van der Waals surface area contributed by atoms with Crippen LogP contribution in [0.3, 0.4) is 0 Å². The SMILES string of the molecule is O=C(CF)OC(F)(F)C1(C(F)F)C(F)C2(C(F)(F)OC(=O)CF)C(F)(F)C(F)C(F)(F)C(C(F)(F)OC(=O)CF)(C1(F)F)C2(F)F. The Morgan fingerprint density at radius 3 is 1.26 bits per heavy atom. The van der Waals surface area contributed by atoms with Gasteiger partial charge in [-0.2, -0.15) is 26.3 Å². The second-order valence-corrected chi connectivity index (χ2v) is 9.22. The minimum atomic E-state index is -8.98. The summed E-state index contributed by atoms with van der Waals surface area (Å²) in [6.45, 7) is -9.75. The molecule has 0 N–H and O–H groups in total. The fourth-order valence-corrected chi connectivity index (χ4v) is 5.42. The number of ether oxygens (including phenoxy) is 3. The Morgan fingerprint density at radius 1 is 0.565 bits per heavy atom. The van der Waals surface area contributed by atoms with Crippen molar-refractivity contribution in [2.24, 2.45) is 16.2 Å². The summed E-state index contributed by atoms with van der Waals surface area (Å²) in [5.41, 5.74) is -25.8. The zero-order valence-corrected chi connectivity index (χ0v) is 20.7. The first-order valence-corrected chi connectivity index (χ1v) is 10.9. The second kappa shape index (κ2) is 10.7. The van der Waals surface area contributed by atoms with E-state index in [1.165, 1.54) is 0 Å². The molecule has 2 rings (SSSR count). The molecule has 27 heteroatoms. The van der Waals surface area contributed by atoms with Crippen molar-refractivity contribution in [1.82, 2.24) is 0 Å². The quantitative estimate of drug-likeness (QED) is 0.161. The average Bonchev–Trinajstić information content (AvgIpc) is 2.84. The lowest BCUT2D eigenvalue weighted by atomic mass is 9.38. The summed E-state index contributed by atoms with van der Waals surface area (Å²) in [4.78, 5) is 33.2. The Balaban J connectivity index is 3.62. The molecular formula is C19H9F21O6. The van der Waals surface area contributed by atoms with Crippen LogP contribution in [0.15, 0.2) is 0 Å². The Morgan fingerprint density at radius 2 is 0.913 bits per heavy atom. The van der Waals surface area contributed by atoms with E-state index in [0.717, 1.165) is 0 Å². The van der Waals surface area contributed by atoms with Crippen LogP contribution in [0.2, 0.25) is 0 Å². The normalized spacial score (nSPS) is 33.3. The van der Waals surface area contributed by atoms with Crippen LogP contribution in [0.5, 0.6) is 0 Å². The number of carbonyl (C=O) groups excluding carboxylic acids is 3. The maximum absolute atomic E-state index is 15.9. The zero-order chi connectivity index (χ0) is 36.7. The van der Waals surface area contributed by atoms with Crippen LogP contribution in [-0.4, -0.2) is 98.7 Å². The van der Waals surface area contributed by atoms with Crippen LogP contribution < -0.4 is 0 Å². The maximum atomic E-state index is 15.9. The predicted molar refractivity (Wildman–Crippen MR) is 93.9 cm³/mol. The van der Waals surface area contributed by atoms with Gasteiger partial charge in [-0.15, -0.1) is 0 Å². The number of halogens is 21. The van der Waals surface area contributed by atoms with E-state index in [-0.39, 0.29) is 0 Å². The third kappa shape index (κ3) is 3.93. The van der Waals surface area contributed by atoms with Crippen LogP contribution in [0.4, 0.5) is 92.2 Å². The maximum Gasteiger partial charge on any atom is 0.423 e. The molecule has 0 heterocycles. The first-order valence-electron chi connectivity index (χ1n) is 10.9. The number of alkyl halides is 21. The van der Waals surface area contributed by atoms with Crippen LogP contribution >= 0.6 is 0 Å². The molecule has 268 valence electrons. The summed E-state index contributed by atoms with van der Waals surface area (Å²) < 4.78 is 319. The Labute approximate surface area is 237 Å². The lowest BCUT2D eigenvalue weighted by Crippen LogP contribution is -2.98. The molecule has 0 aromatic rings. The number of hydrogen-bond donors (Lipinski definition) is 0. The lowest BCUT2D eigenvalue weighted by Gasteiger charge is -2.70. The van der Waals surface area contributed by atoms with E-state index in [1.54, 1.807) is 0 Å². The summed E-state index contributed by atoms with van der Waals surface area (Å²) >= 11 is 0. The third-order valence-electron chi connectivity index (χ3n) is 7.17. The highest BCUT2D eigenvalue weighted by molar-refractivity contribution is 5.72. The van der Waals surface area contributed by atoms with Crippen LogP contribution in [-0.2, 0) is 28.6 Å². The van der Waals surface area contributed by atoms with Gasteiger partial charge >= 0.3 is 48.1 Å². The number of fused-ring (bicyclic) bond motifs is 2. The van der Waals surface area contributed by atoms with E-state index in [9.17, 15) is 40.7 Å². The third-order valence-corrected chi connectivity index (χ3v) is 7.17. The van der Waals surface area contributed by atoms with Crippen molar-refractivity contribution >= 4 is 17.9 Å². The topological polar surface area (TPSA) is 78.9 Å². The number of esters is 3. The van der Waals surface area contributed by atoms with E-state index in [0.29, 0.717) is 0 Å². The molecule has 2 aliphatic carbocycles. The molecule has 0 aromatic heterocycles. The monoisotopic (exact) mass is 732 g/mol. The molecule has 0 spiro atoms. The summed E-state index contributed by atoms with van der Waals surface area (Å²) in [6.07, 6.45) is -45.8. The minimum Gasteiger partial charge on any atom is -0.398 e. The molecule has 6 nitrogen and oxygen atoms in total. The van der Waals surface area contributed by atoms with Crippen molar-refractivity contribution in [3.8, 4) is 0 Å². The van der Waals surface area contributed by atoms with Gasteiger partial charge in [0.1, 0.15) is 0 Å². The highest BCUT2D eigenvalue weighted by Crippen LogP contribution is 2.88. The summed E-state index contributed by atoms with van der Waals surface area (Å²) in [5, 5.41) is 0. The van der Waals surface area contributed by atoms with Crippen molar-refractivity contribution in [3.63, 3.8) is 0 Å². The molecule has 5 atom stereocenters. The fourth-order valence-electron chi connectivity index (χ4n) is 5.42. The van der Waals surface area contributed by atoms with Crippen LogP contribution in [0, 0.1) is 16.2 Å². The first-order chi connectivity index (χ1) is 20.4. The smallest absolute Gasteiger partial charge is 0.398 e. The van der Waals surface area contributed by atoms with Gasteiger partial charge in [-0.25, -0.2) is 80.2 Å². The highest BCUT2D eigenvalue weighted by atomic mass is 19.3. The Bertz CT molecular complexity index is 1230.